The molecule has 5 aromatic heterocycles. The molecule has 69 heavy (non-hydrogen) atoms. The lowest BCUT2D eigenvalue weighted by molar-refractivity contribution is -0.148. The largest absolute Gasteiger partial charge is 0.455 e. The summed E-state index contributed by atoms with van der Waals surface area (Å²) < 4.78 is 78.8. The molecule has 0 atom stereocenters. The van der Waals surface area contributed by atoms with Crippen LogP contribution >= 0.6 is 11.6 Å². The number of amides is 4. The smallest absolute Gasteiger partial charge is 0.355 e. The van der Waals surface area contributed by atoms with Gasteiger partial charge in [-0.2, -0.15) is 51.9 Å². The number of aromatic nitrogens is 13. The summed E-state index contributed by atoms with van der Waals surface area (Å²) in [6, 6.07) is 15.1. The average molecular weight is 978 g/mol. The molecule has 7 aromatic rings. The molecule has 4 amide bonds. The summed E-state index contributed by atoms with van der Waals surface area (Å²) in [7, 11) is 2.80. The topological polar surface area (TPSA) is 311 Å². The van der Waals surface area contributed by atoms with Crippen LogP contribution in [-0.2, 0) is 25.4 Å². The summed E-state index contributed by atoms with van der Waals surface area (Å²) in [4.78, 5) is 55.5. The molecule has 7 rings (SSSR count). The van der Waals surface area contributed by atoms with Gasteiger partial charge in [0.05, 0.1) is 68.7 Å². The van der Waals surface area contributed by atoms with Crippen molar-refractivity contribution in [2.75, 3.05) is 24.7 Å². The van der Waals surface area contributed by atoms with Crippen LogP contribution in [0.3, 0.4) is 0 Å². The van der Waals surface area contributed by atoms with Crippen molar-refractivity contribution in [2.45, 2.75) is 39.3 Å². The second-order valence-corrected chi connectivity index (χ2v) is 14.4. The highest BCUT2D eigenvalue weighted by Gasteiger charge is 2.38. The Kier molecular flexibility index (Phi) is 14.4. The number of H-pyrrole nitrogens is 1. The highest BCUT2D eigenvalue weighted by atomic mass is 35.5. The Labute approximate surface area is 387 Å². The van der Waals surface area contributed by atoms with Crippen molar-refractivity contribution in [2.24, 2.45) is 0 Å². The van der Waals surface area contributed by atoms with Gasteiger partial charge in [-0.05, 0) is 89.1 Å². The van der Waals surface area contributed by atoms with Crippen LogP contribution in [-0.4, -0.2) is 103 Å². The van der Waals surface area contributed by atoms with Gasteiger partial charge in [0.2, 0.25) is 0 Å². The van der Waals surface area contributed by atoms with E-state index in [0.29, 0.717) is 20.6 Å². The quantitative estimate of drug-likeness (QED) is 0.114. The SMILES string of the molecule is CNC(=O)c1cc(C#N)cc(C)c1NC(=O)c1cc(Cn2nnc(C(F)(F)F)n2)nn1-c1ncccc1Cl.CNC(=O)c1cc(C#N)cc(C)c1NC(=O)c1cc(Cn2nnnc2C(F)(F)F)n[nH]1. The molecule has 0 fully saturated rings. The number of benzene rings is 2. The van der Waals surface area contributed by atoms with Gasteiger partial charge in [-0.3, -0.25) is 24.3 Å². The van der Waals surface area contributed by atoms with Crippen molar-refractivity contribution in [3.8, 4) is 18.0 Å². The van der Waals surface area contributed by atoms with Crippen molar-refractivity contribution in [3.05, 3.63) is 128 Å². The van der Waals surface area contributed by atoms with Crippen molar-refractivity contribution < 1.29 is 45.5 Å². The number of rotatable bonds is 11. The Morgan fingerprint density at radius 2 is 1.36 bits per heavy atom. The van der Waals surface area contributed by atoms with Gasteiger partial charge < -0.3 is 21.3 Å². The van der Waals surface area contributed by atoms with Crippen LogP contribution in [0.15, 0.2) is 54.7 Å². The van der Waals surface area contributed by atoms with Gasteiger partial charge in [0.15, 0.2) is 5.82 Å². The summed E-state index contributed by atoms with van der Waals surface area (Å²) in [6.07, 6.45) is -8.12. The van der Waals surface area contributed by atoms with Gasteiger partial charge in [-0.25, -0.2) is 14.3 Å². The molecule has 5 N–H and O–H groups in total. The highest BCUT2D eigenvalue weighted by Crippen LogP contribution is 2.29. The molecule has 0 radical (unpaired) electrons. The minimum atomic E-state index is -4.79. The fourth-order valence-electron chi connectivity index (χ4n) is 6.18. The van der Waals surface area contributed by atoms with Crippen molar-refractivity contribution in [3.63, 3.8) is 0 Å². The van der Waals surface area contributed by atoms with Gasteiger partial charge in [0, 0.05) is 20.3 Å². The van der Waals surface area contributed by atoms with E-state index in [4.69, 9.17) is 16.9 Å². The van der Waals surface area contributed by atoms with Crippen LogP contribution in [0.25, 0.3) is 5.82 Å². The maximum atomic E-state index is 13.5. The number of tetrazole rings is 2. The Morgan fingerprint density at radius 1 is 0.754 bits per heavy atom. The van der Waals surface area contributed by atoms with E-state index in [1.165, 1.54) is 62.8 Å². The Morgan fingerprint density at radius 3 is 1.90 bits per heavy atom. The summed E-state index contributed by atoms with van der Waals surface area (Å²) >= 11 is 6.26. The molecule has 23 nitrogen and oxygen atoms in total. The second-order valence-electron chi connectivity index (χ2n) is 14.0. The first-order valence-electron chi connectivity index (χ1n) is 19.2. The predicted octanol–water partition coefficient (Wildman–Crippen LogP) is 4.02. The number of pyridine rings is 1. The summed E-state index contributed by atoms with van der Waals surface area (Å²) in [5.41, 5.74) is 1.79. The van der Waals surface area contributed by atoms with Gasteiger partial charge >= 0.3 is 12.4 Å². The van der Waals surface area contributed by atoms with E-state index in [1.54, 1.807) is 19.9 Å². The molecule has 0 saturated carbocycles. The average Bonchev–Trinajstić information content (AvgIpc) is 4.15. The molecule has 0 saturated heterocycles. The van der Waals surface area contributed by atoms with Crippen molar-refractivity contribution >= 4 is 46.6 Å². The maximum Gasteiger partial charge on any atom is 0.455 e. The molecule has 5 heterocycles. The number of halogens is 7. The zero-order valence-electron chi connectivity index (χ0n) is 35.7. The molecule has 0 aliphatic carbocycles. The fourth-order valence-corrected chi connectivity index (χ4v) is 6.38. The lowest BCUT2D eigenvalue weighted by atomic mass is 10.0. The lowest BCUT2D eigenvalue weighted by Crippen LogP contribution is -2.24. The van der Waals surface area contributed by atoms with Crippen LogP contribution in [0.4, 0.5) is 37.7 Å². The number of alkyl halides is 6. The number of nitriles is 2. The van der Waals surface area contributed by atoms with E-state index in [9.17, 15) is 50.8 Å². The minimum Gasteiger partial charge on any atom is -0.355 e. The third-order valence-electron chi connectivity index (χ3n) is 9.26. The number of hydrogen-bond donors (Lipinski definition) is 5. The molecule has 0 unspecified atom stereocenters. The second kappa shape index (κ2) is 20.2. The molecular formula is C39H30ClF6N19O4. The van der Waals surface area contributed by atoms with Crippen LogP contribution in [0.2, 0.25) is 5.02 Å². The van der Waals surface area contributed by atoms with Gasteiger partial charge in [0.25, 0.3) is 35.3 Å². The molecule has 0 aliphatic rings. The molecule has 0 bridgehead atoms. The highest BCUT2D eigenvalue weighted by molar-refractivity contribution is 6.32. The van der Waals surface area contributed by atoms with E-state index in [-0.39, 0.29) is 73.8 Å². The van der Waals surface area contributed by atoms with Gasteiger partial charge in [0.1, 0.15) is 17.9 Å². The first kappa shape index (κ1) is 49.3. The number of carbonyl (C=O) groups is 4. The van der Waals surface area contributed by atoms with E-state index in [2.05, 4.69) is 72.5 Å². The minimum absolute atomic E-state index is 0.0473. The number of carbonyl (C=O) groups excluding carboxylic acids is 4. The van der Waals surface area contributed by atoms with Crippen LogP contribution in [0.1, 0.15) is 87.0 Å². The number of anilines is 2. The fraction of sp³-hybridized carbons (Fsp3) is 0.205. The summed E-state index contributed by atoms with van der Waals surface area (Å²) in [6.45, 7) is 2.43. The molecule has 2 aromatic carbocycles. The zero-order chi connectivity index (χ0) is 50.4. The Balaban J connectivity index is 0.000000232. The van der Waals surface area contributed by atoms with E-state index < -0.39 is 54.2 Å². The number of nitrogens with one attached hydrogen (secondary N) is 5. The van der Waals surface area contributed by atoms with Gasteiger partial charge in [-0.15, -0.1) is 15.3 Å². The number of hydrogen-bond acceptors (Lipinski definition) is 15. The first-order chi connectivity index (χ1) is 32.6. The van der Waals surface area contributed by atoms with E-state index in [0.717, 1.165) is 4.68 Å². The molecule has 0 spiro atoms. The molecular weight excluding hydrogens is 948 g/mol. The van der Waals surface area contributed by atoms with Crippen LogP contribution in [0, 0.1) is 36.5 Å². The number of aryl methyl sites for hydroxylation is 2. The Bertz CT molecular complexity index is 3200. The third-order valence-corrected chi connectivity index (χ3v) is 9.56. The summed E-state index contributed by atoms with van der Waals surface area (Å²) in [5.74, 6) is -5.16. The van der Waals surface area contributed by atoms with Crippen molar-refractivity contribution in [1.29, 1.82) is 10.5 Å². The number of aromatic amines is 1. The lowest BCUT2D eigenvalue weighted by Gasteiger charge is -2.14. The number of nitrogens with zero attached hydrogens (tertiary/aromatic N) is 14. The normalized spacial score (nSPS) is 11.1. The van der Waals surface area contributed by atoms with Crippen LogP contribution < -0.4 is 21.3 Å². The molecule has 0 aliphatic heterocycles. The maximum absolute atomic E-state index is 13.5. The Hall–Kier alpha value is -9.12. The predicted molar refractivity (Wildman–Crippen MR) is 223 cm³/mol. The van der Waals surface area contributed by atoms with Gasteiger partial charge in [-0.1, -0.05) is 11.6 Å². The summed E-state index contributed by atoms with van der Waals surface area (Å²) in [5, 5.41) is 58.0. The molecule has 30 heteroatoms. The monoisotopic (exact) mass is 977 g/mol. The standard InChI is InChI=1S/C22H16ClF3N10O2.C17H14F3N9O2/c1-11-6-12(9-27)7-14(19(37)28-2)17(11)30-20(38)16-8-13(10-35-33-21(31-34-35)22(24,25)26)32-36(16)18-15(23)4-3-5-29-18;1-8-3-9(6-21)4-11(14(30)22-2)13(8)23-15(31)12-5-10(24-25-12)7-29-16(17(18,19)20)26-27-28-29/h3-8H,10H2,1-2H3,(H,28,37)(H,30,38);3-5H,7H2,1-2H3,(H,22,30)(H,23,31)(H,24,25). The van der Waals surface area contributed by atoms with Crippen molar-refractivity contribution in [1.82, 2.24) is 76.0 Å². The zero-order valence-corrected chi connectivity index (χ0v) is 36.4. The van der Waals surface area contributed by atoms with Crippen LogP contribution in [0.5, 0.6) is 0 Å². The third kappa shape index (κ3) is 11.3. The van der Waals surface area contributed by atoms with E-state index >= 15 is 0 Å². The first-order valence-corrected chi connectivity index (χ1v) is 19.6. The van der Waals surface area contributed by atoms with E-state index in [1.807, 2.05) is 12.1 Å². The molecule has 354 valence electrons.